The van der Waals surface area contributed by atoms with Crippen molar-refractivity contribution in [3.05, 3.63) is 23.6 Å². The molecule has 0 radical (unpaired) electrons. The van der Waals surface area contributed by atoms with Crippen molar-refractivity contribution in [3.8, 4) is 0 Å². The molecule has 5 heteroatoms. The molecule has 1 heterocycles. The monoisotopic (exact) mass is 268 g/mol. The predicted octanol–water partition coefficient (Wildman–Crippen LogP) is 3.32. The Labute approximate surface area is 113 Å². The van der Waals surface area contributed by atoms with Gasteiger partial charge in [0.15, 0.2) is 11.6 Å². The van der Waals surface area contributed by atoms with E-state index in [0.29, 0.717) is 6.54 Å². The van der Waals surface area contributed by atoms with Crippen molar-refractivity contribution >= 4 is 11.8 Å². The average molecular weight is 268 g/mol. The van der Waals surface area contributed by atoms with E-state index in [1.807, 2.05) is 18.7 Å². The van der Waals surface area contributed by atoms with E-state index in [0.717, 1.165) is 19.3 Å². The topological polar surface area (TPSA) is 53.4 Å². The smallest absolute Gasteiger partial charge is 0.338 e. The van der Waals surface area contributed by atoms with E-state index in [4.69, 9.17) is 5.11 Å². The zero-order chi connectivity index (χ0) is 14.4. The van der Waals surface area contributed by atoms with Gasteiger partial charge in [-0.25, -0.2) is 14.2 Å². The zero-order valence-electron chi connectivity index (χ0n) is 11.7. The lowest BCUT2D eigenvalue weighted by molar-refractivity contribution is 0.0691. The Bertz CT molecular complexity index is 437. The lowest BCUT2D eigenvalue weighted by Crippen LogP contribution is -2.35. The van der Waals surface area contributed by atoms with Crippen molar-refractivity contribution in [2.75, 3.05) is 11.4 Å². The molecule has 0 spiro atoms. The normalized spacial score (nSPS) is 12.2. The lowest BCUT2D eigenvalue weighted by Gasteiger charge is -2.30. The lowest BCUT2D eigenvalue weighted by atomic mass is 10.1. The second-order valence-electron chi connectivity index (χ2n) is 4.61. The van der Waals surface area contributed by atoms with Crippen LogP contribution in [0.2, 0.25) is 0 Å². The molecule has 0 saturated heterocycles. The molecule has 0 aliphatic heterocycles. The number of anilines is 1. The number of hydrogen-bond acceptors (Lipinski definition) is 3. The molecule has 0 aliphatic rings. The Morgan fingerprint density at radius 3 is 2.74 bits per heavy atom. The molecule has 1 N–H and O–H groups in total. The maximum absolute atomic E-state index is 14.2. The van der Waals surface area contributed by atoms with Crippen molar-refractivity contribution < 1.29 is 14.3 Å². The summed E-state index contributed by atoms with van der Waals surface area (Å²) in [6.45, 7) is 6.75. The number of aromatic carboxylic acids is 1. The first-order valence-electron chi connectivity index (χ1n) is 6.67. The minimum atomic E-state index is -1.26. The number of nitrogens with zero attached hydrogens (tertiary/aromatic N) is 2. The van der Waals surface area contributed by atoms with Crippen LogP contribution in [0.1, 0.15) is 50.4 Å². The Hall–Kier alpha value is -1.65. The van der Waals surface area contributed by atoms with Crippen LogP contribution in [-0.4, -0.2) is 28.6 Å². The van der Waals surface area contributed by atoms with Gasteiger partial charge in [-0.1, -0.05) is 20.3 Å². The summed E-state index contributed by atoms with van der Waals surface area (Å²) in [7, 11) is 0. The number of rotatable bonds is 7. The number of carboxylic acid groups (broad SMARTS) is 1. The minimum Gasteiger partial charge on any atom is -0.478 e. The fraction of sp³-hybridized carbons (Fsp3) is 0.571. The molecular weight excluding hydrogens is 247 g/mol. The van der Waals surface area contributed by atoms with E-state index in [2.05, 4.69) is 11.9 Å². The molecule has 1 aromatic heterocycles. The van der Waals surface area contributed by atoms with Crippen LogP contribution in [0.5, 0.6) is 0 Å². The number of unbranched alkanes of at least 4 members (excludes halogenated alkanes) is 1. The summed E-state index contributed by atoms with van der Waals surface area (Å²) in [4.78, 5) is 16.8. The summed E-state index contributed by atoms with van der Waals surface area (Å²) in [6.07, 6.45) is 4.11. The molecular formula is C14H21FN2O2. The summed E-state index contributed by atoms with van der Waals surface area (Å²) < 4.78 is 14.2. The standard InChI is InChI=1S/C14H21FN2O2/c1-4-6-9-17(10(3)5-2)13-12(15)11(14(18)19)7-8-16-13/h7-8,10H,4-6,9H2,1-3H3,(H,18,19). The molecule has 1 atom stereocenters. The number of hydrogen-bond donors (Lipinski definition) is 1. The third-order valence-corrected chi connectivity index (χ3v) is 3.25. The van der Waals surface area contributed by atoms with Gasteiger partial charge in [-0.05, 0) is 25.8 Å². The first-order valence-corrected chi connectivity index (χ1v) is 6.67. The van der Waals surface area contributed by atoms with Crippen LogP contribution in [0, 0.1) is 5.82 Å². The van der Waals surface area contributed by atoms with Crippen molar-refractivity contribution in [1.82, 2.24) is 4.98 Å². The third-order valence-electron chi connectivity index (χ3n) is 3.25. The maximum atomic E-state index is 14.2. The minimum absolute atomic E-state index is 0.123. The Kier molecular flexibility index (Phi) is 5.73. The highest BCUT2D eigenvalue weighted by Crippen LogP contribution is 2.23. The van der Waals surface area contributed by atoms with Gasteiger partial charge >= 0.3 is 5.97 Å². The van der Waals surface area contributed by atoms with Crippen molar-refractivity contribution in [3.63, 3.8) is 0 Å². The molecule has 106 valence electrons. The molecule has 1 unspecified atom stereocenters. The molecule has 0 fully saturated rings. The SMILES string of the molecule is CCCCN(c1nccc(C(=O)O)c1F)C(C)CC. The van der Waals surface area contributed by atoms with E-state index in [1.54, 1.807) is 0 Å². The van der Waals surface area contributed by atoms with Crippen LogP contribution < -0.4 is 4.90 Å². The highest BCUT2D eigenvalue weighted by Gasteiger charge is 2.22. The molecule has 0 aromatic carbocycles. The van der Waals surface area contributed by atoms with Crippen molar-refractivity contribution in [1.29, 1.82) is 0 Å². The summed E-state index contributed by atoms with van der Waals surface area (Å²) in [5.74, 6) is -1.87. The van der Waals surface area contributed by atoms with Crippen molar-refractivity contribution in [2.45, 2.75) is 46.1 Å². The van der Waals surface area contributed by atoms with E-state index >= 15 is 0 Å². The van der Waals surface area contributed by atoms with Crippen LogP contribution in [0.4, 0.5) is 10.2 Å². The molecule has 1 rings (SSSR count). The Morgan fingerprint density at radius 1 is 1.53 bits per heavy atom. The Balaban J connectivity index is 3.14. The number of pyridine rings is 1. The van der Waals surface area contributed by atoms with E-state index in [9.17, 15) is 9.18 Å². The summed E-state index contributed by atoms with van der Waals surface area (Å²) in [5.41, 5.74) is -0.324. The van der Waals surface area contributed by atoms with E-state index in [1.165, 1.54) is 12.3 Å². The first kappa shape index (κ1) is 15.4. The summed E-state index contributed by atoms with van der Waals surface area (Å²) >= 11 is 0. The van der Waals surface area contributed by atoms with Crippen LogP contribution in [-0.2, 0) is 0 Å². The molecule has 0 aliphatic carbocycles. The molecule has 0 bridgehead atoms. The van der Waals surface area contributed by atoms with Crippen molar-refractivity contribution in [2.24, 2.45) is 0 Å². The summed E-state index contributed by atoms with van der Waals surface area (Å²) in [5, 5.41) is 8.96. The van der Waals surface area contributed by atoms with E-state index in [-0.39, 0.29) is 17.4 Å². The van der Waals surface area contributed by atoms with Gasteiger partial charge in [0.1, 0.15) is 5.56 Å². The van der Waals surface area contributed by atoms with Gasteiger partial charge in [0.05, 0.1) is 0 Å². The van der Waals surface area contributed by atoms with Gasteiger partial charge < -0.3 is 10.0 Å². The largest absolute Gasteiger partial charge is 0.478 e. The quantitative estimate of drug-likeness (QED) is 0.824. The highest BCUT2D eigenvalue weighted by molar-refractivity contribution is 5.88. The Morgan fingerprint density at radius 2 is 2.21 bits per heavy atom. The van der Waals surface area contributed by atoms with Crippen LogP contribution in [0.15, 0.2) is 12.3 Å². The number of carboxylic acids is 1. The number of aromatic nitrogens is 1. The van der Waals surface area contributed by atoms with Gasteiger partial charge in [-0.15, -0.1) is 0 Å². The fourth-order valence-corrected chi connectivity index (χ4v) is 1.88. The fourth-order valence-electron chi connectivity index (χ4n) is 1.88. The summed E-state index contributed by atoms with van der Waals surface area (Å²) in [6, 6.07) is 1.31. The van der Waals surface area contributed by atoms with E-state index < -0.39 is 11.8 Å². The second kappa shape index (κ2) is 7.07. The van der Waals surface area contributed by atoms with Crippen LogP contribution >= 0.6 is 0 Å². The number of carbonyl (C=O) groups is 1. The molecule has 0 saturated carbocycles. The molecule has 1 aromatic rings. The second-order valence-corrected chi connectivity index (χ2v) is 4.61. The van der Waals surface area contributed by atoms with Gasteiger partial charge in [-0.2, -0.15) is 0 Å². The van der Waals surface area contributed by atoms with Gasteiger partial charge in [0, 0.05) is 18.8 Å². The maximum Gasteiger partial charge on any atom is 0.338 e. The van der Waals surface area contributed by atoms with Gasteiger partial charge in [-0.3, -0.25) is 0 Å². The van der Waals surface area contributed by atoms with Crippen LogP contribution in [0.3, 0.4) is 0 Å². The first-order chi connectivity index (χ1) is 9.02. The highest BCUT2D eigenvalue weighted by atomic mass is 19.1. The molecule has 4 nitrogen and oxygen atoms in total. The third kappa shape index (κ3) is 3.66. The van der Waals surface area contributed by atoms with Gasteiger partial charge in [0.25, 0.3) is 0 Å². The molecule has 19 heavy (non-hydrogen) atoms. The van der Waals surface area contributed by atoms with Crippen LogP contribution in [0.25, 0.3) is 0 Å². The predicted molar refractivity (Wildman–Crippen MR) is 73.2 cm³/mol. The average Bonchev–Trinajstić information content (AvgIpc) is 2.39. The van der Waals surface area contributed by atoms with Gasteiger partial charge in [0.2, 0.25) is 0 Å². The molecule has 0 amide bonds. The number of halogens is 1. The zero-order valence-corrected chi connectivity index (χ0v) is 11.7.